The van der Waals surface area contributed by atoms with Gasteiger partial charge in [0.1, 0.15) is 17.6 Å². The van der Waals surface area contributed by atoms with Gasteiger partial charge in [0.05, 0.1) is 18.0 Å². The van der Waals surface area contributed by atoms with Gasteiger partial charge in [-0.15, -0.1) is 0 Å². The normalized spacial score (nSPS) is 17.9. The second-order valence-electron chi connectivity index (χ2n) is 7.55. The van der Waals surface area contributed by atoms with Crippen molar-refractivity contribution in [1.82, 2.24) is 20.7 Å². The molecule has 1 aliphatic rings. The molecule has 32 heavy (non-hydrogen) atoms. The lowest BCUT2D eigenvalue weighted by atomic mass is 10.1. The molecular weight excluding hydrogens is 415 g/mol. The fourth-order valence-corrected chi connectivity index (χ4v) is 3.70. The highest BCUT2D eigenvalue weighted by Crippen LogP contribution is 2.20. The summed E-state index contributed by atoms with van der Waals surface area (Å²) < 4.78 is 13.9. The van der Waals surface area contributed by atoms with Gasteiger partial charge in [0.2, 0.25) is 5.91 Å². The summed E-state index contributed by atoms with van der Waals surface area (Å²) in [6, 6.07) is 15.5. The van der Waals surface area contributed by atoms with Crippen LogP contribution in [0.3, 0.4) is 0 Å². The zero-order chi connectivity index (χ0) is 22.7. The molecule has 0 spiro atoms. The van der Waals surface area contributed by atoms with Crippen LogP contribution < -0.4 is 10.9 Å². The van der Waals surface area contributed by atoms with Crippen LogP contribution >= 0.6 is 0 Å². The minimum atomic E-state index is -0.992. The van der Waals surface area contributed by atoms with E-state index in [1.165, 1.54) is 29.2 Å². The van der Waals surface area contributed by atoms with Gasteiger partial charge in [-0.25, -0.2) is 9.37 Å². The number of aliphatic hydroxyl groups is 1. The molecule has 0 bridgehead atoms. The summed E-state index contributed by atoms with van der Waals surface area (Å²) in [4.78, 5) is 43.2. The Bertz CT molecular complexity index is 1190. The third-order valence-electron chi connectivity index (χ3n) is 5.33. The molecule has 3 aromatic rings. The molecule has 1 saturated heterocycles. The number of halogens is 1. The van der Waals surface area contributed by atoms with E-state index in [4.69, 9.17) is 0 Å². The maximum absolute atomic E-state index is 13.9. The highest BCUT2D eigenvalue weighted by atomic mass is 19.1. The SMILES string of the molecule is O=C(NNC(=O)C1CC(O)CN1C(=O)Cc1ccccc1F)c1ccc2ccccc2n1. The Morgan fingerprint density at radius 2 is 1.78 bits per heavy atom. The fraction of sp³-hybridized carbons (Fsp3) is 0.217. The minimum absolute atomic E-state index is 0.0128. The van der Waals surface area contributed by atoms with Crippen molar-refractivity contribution < 1.29 is 23.9 Å². The molecule has 3 amide bonds. The number of pyridine rings is 1. The van der Waals surface area contributed by atoms with E-state index in [9.17, 15) is 23.9 Å². The lowest BCUT2D eigenvalue weighted by Gasteiger charge is -2.24. The number of hydrogen-bond donors (Lipinski definition) is 3. The molecule has 0 saturated carbocycles. The summed E-state index contributed by atoms with van der Waals surface area (Å²) in [6.07, 6.45) is -1.12. The average Bonchev–Trinajstić information content (AvgIpc) is 3.20. The number of fused-ring (bicyclic) bond motifs is 1. The average molecular weight is 436 g/mol. The maximum Gasteiger partial charge on any atom is 0.288 e. The maximum atomic E-state index is 13.9. The van der Waals surface area contributed by atoms with Crippen LogP contribution in [0, 0.1) is 5.82 Å². The van der Waals surface area contributed by atoms with Gasteiger partial charge in [-0.05, 0) is 23.8 Å². The van der Waals surface area contributed by atoms with Crippen molar-refractivity contribution in [2.75, 3.05) is 6.54 Å². The van der Waals surface area contributed by atoms with Crippen molar-refractivity contribution in [1.29, 1.82) is 0 Å². The van der Waals surface area contributed by atoms with E-state index >= 15 is 0 Å². The van der Waals surface area contributed by atoms with E-state index in [0.717, 1.165) is 5.39 Å². The predicted molar refractivity (Wildman–Crippen MR) is 114 cm³/mol. The number of hydrogen-bond acceptors (Lipinski definition) is 5. The number of carbonyl (C=O) groups is 3. The summed E-state index contributed by atoms with van der Waals surface area (Å²) in [7, 11) is 0. The van der Waals surface area contributed by atoms with Crippen molar-refractivity contribution in [2.45, 2.75) is 25.0 Å². The molecule has 3 N–H and O–H groups in total. The molecule has 2 aromatic carbocycles. The van der Waals surface area contributed by atoms with Crippen LogP contribution in [0.1, 0.15) is 22.5 Å². The highest BCUT2D eigenvalue weighted by molar-refractivity contribution is 5.97. The van der Waals surface area contributed by atoms with Gasteiger partial charge in [-0.3, -0.25) is 25.2 Å². The van der Waals surface area contributed by atoms with Gasteiger partial charge in [0.15, 0.2) is 0 Å². The van der Waals surface area contributed by atoms with E-state index < -0.39 is 35.7 Å². The topological polar surface area (TPSA) is 112 Å². The molecule has 2 atom stereocenters. The number of hydrazine groups is 1. The molecule has 1 aromatic heterocycles. The zero-order valence-corrected chi connectivity index (χ0v) is 17.0. The molecule has 2 unspecified atom stereocenters. The van der Waals surface area contributed by atoms with Crippen molar-refractivity contribution in [3.63, 3.8) is 0 Å². The lowest BCUT2D eigenvalue weighted by molar-refractivity contribution is -0.138. The lowest BCUT2D eigenvalue weighted by Crippen LogP contribution is -2.52. The van der Waals surface area contributed by atoms with E-state index in [2.05, 4.69) is 15.8 Å². The molecule has 1 aliphatic heterocycles. The summed E-state index contributed by atoms with van der Waals surface area (Å²) in [6.45, 7) is -0.0501. The predicted octanol–water partition coefficient (Wildman–Crippen LogP) is 1.34. The second-order valence-corrected chi connectivity index (χ2v) is 7.55. The van der Waals surface area contributed by atoms with Gasteiger partial charge >= 0.3 is 0 Å². The zero-order valence-electron chi connectivity index (χ0n) is 17.0. The first-order valence-corrected chi connectivity index (χ1v) is 10.1. The van der Waals surface area contributed by atoms with Crippen molar-refractivity contribution in [2.24, 2.45) is 0 Å². The number of nitrogens with one attached hydrogen (secondary N) is 2. The van der Waals surface area contributed by atoms with Crippen LogP contribution in [0.15, 0.2) is 60.7 Å². The number of benzene rings is 2. The number of amides is 3. The van der Waals surface area contributed by atoms with Crippen molar-refractivity contribution in [3.8, 4) is 0 Å². The Hall–Kier alpha value is -3.85. The van der Waals surface area contributed by atoms with E-state index in [0.29, 0.717) is 5.52 Å². The van der Waals surface area contributed by atoms with Crippen molar-refractivity contribution >= 4 is 28.6 Å². The number of aromatic nitrogens is 1. The number of likely N-dealkylation sites (tertiary alicyclic amines) is 1. The number of para-hydroxylation sites is 1. The summed E-state index contributed by atoms with van der Waals surface area (Å²) >= 11 is 0. The number of rotatable bonds is 4. The molecule has 1 fully saturated rings. The van der Waals surface area contributed by atoms with Crippen LogP contribution in [-0.2, 0) is 16.0 Å². The summed E-state index contributed by atoms with van der Waals surface area (Å²) in [5.41, 5.74) is 5.54. The van der Waals surface area contributed by atoms with Crippen molar-refractivity contribution in [3.05, 3.63) is 77.7 Å². The Labute approximate surface area is 183 Å². The smallest absolute Gasteiger partial charge is 0.288 e. The minimum Gasteiger partial charge on any atom is -0.391 e. The quantitative estimate of drug-likeness (QED) is 0.535. The molecule has 4 rings (SSSR count). The van der Waals surface area contributed by atoms with Crippen LogP contribution in [-0.4, -0.2) is 51.4 Å². The first kappa shape index (κ1) is 21.4. The molecule has 0 aliphatic carbocycles. The summed E-state index contributed by atoms with van der Waals surface area (Å²) in [5, 5.41) is 10.9. The molecule has 9 heteroatoms. The molecule has 2 heterocycles. The Balaban J connectivity index is 1.40. The standard InChI is InChI=1S/C23H21FN4O4/c24-17-7-3-1-6-15(17)11-21(30)28-13-16(29)12-20(28)23(32)27-26-22(31)19-10-9-14-5-2-4-8-18(14)25-19/h1-10,16,20,29H,11-13H2,(H,26,31)(H,27,32). The van der Waals surface area contributed by atoms with Crippen LogP contribution in [0.4, 0.5) is 4.39 Å². The monoisotopic (exact) mass is 436 g/mol. The number of nitrogens with zero attached hydrogens (tertiary/aromatic N) is 2. The van der Waals surface area contributed by atoms with E-state index in [-0.39, 0.29) is 30.6 Å². The second kappa shape index (κ2) is 9.11. The van der Waals surface area contributed by atoms with Gasteiger partial charge in [-0.2, -0.15) is 0 Å². The highest BCUT2D eigenvalue weighted by Gasteiger charge is 2.39. The Kier molecular flexibility index (Phi) is 6.09. The summed E-state index contributed by atoms with van der Waals surface area (Å²) in [5.74, 6) is -2.28. The van der Waals surface area contributed by atoms with Crippen LogP contribution in [0.5, 0.6) is 0 Å². The molecule has 164 valence electrons. The van der Waals surface area contributed by atoms with Gasteiger partial charge in [0, 0.05) is 18.4 Å². The number of aliphatic hydroxyl groups excluding tert-OH is 1. The van der Waals surface area contributed by atoms with Crippen LogP contribution in [0.2, 0.25) is 0 Å². The third-order valence-corrected chi connectivity index (χ3v) is 5.33. The Morgan fingerprint density at radius 3 is 2.59 bits per heavy atom. The first-order chi connectivity index (χ1) is 15.4. The van der Waals surface area contributed by atoms with E-state index in [1.807, 2.05) is 12.1 Å². The number of carbonyl (C=O) groups excluding carboxylic acids is 3. The Morgan fingerprint density at radius 1 is 1.03 bits per heavy atom. The number of β-amino-alcohol motifs (C(OH)–C–C–N with tert-alkyl or cyclic N) is 1. The largest absolute Gasteiger partial charge is 0.391 e. The van der Waals surface area contributed by atoms with E-state index in [1.54, 1.807) is 24.3 Å². The fourth-order valence-electron chi connectivity index (χ4n) is 3.70. The molecule has 0 radical (unpaired) electrons. The van der Waals surface area contributed by atoms with Crippen LogP contribution in [0.25, 0.3) is 10.9 Å². The molecular formula is C23H21FN4O4. The van der Waals surface area contributed by atoms with Gasteiger partial charge < -0.3 is 10.0 Å². The third kappa shape index (κ3) is 4.57. The van der Waals surface area contributed by atoms with Gasteiger partial charge in [0.25, 0.3) is 11.8 Å². The first-order valence-electron chi connectivity index (χ1n) is 10.1. The van der Waals surface area contributed by atoms with Gasteiger partial charge in [-0.1, -0.05) is 42.5 Å². The molecule has 8 nitrogen and oxygen atoms in total.